The van der Waals surface area contributed by atoms with Crippen LogP contribution in [0.15, 0.2) is 48.5 Å². The Hall–Kier alpha value is -3.39. The summed E-state index contributed by atoms with van der Waals surface area (Å²) in [4.78, 5) is 24.1. The number of carbonyl (C=O) groups is 2. The molecule has 0 radical (unpaired) electrons. The second kappa shape index (κ2) is 9.41. The van der Waals surface area contributed by atoms with Gasteiger partial charge in [0.25, 0.3) is 11.8 Å². The number of likely N-dealkylation sites (N-methyl/N-ethyl adjacent to an activating group) is 1. The number of carbonyl (C=O) groups excluding carboxylic acids is 2. The average Bonchev–Trinajstić information content (AvgIpc) is 3.01. The maximum atomic E-state index is 13.1. The lowest BCUT2D eigenvalue weighted by atomic mass is 10.2. The zero-order valence-corrected chi connectivity index (χ0v) is 17.2. The highest BCUT2D eigenvalue weighted by molar-refractivity contribution is 6.33. The standard InChI is InChI=1S/C21H20ClFN4O3/c1-13-19(20(22)27(26-13)11-14-6-8-15(23)9-7-14)21(29)25-16-4-3-5-17(10-16)30-12-18(28)24-2/h3-10H,11-12H2,1-2H3,(H,24,28)(H,25,29). The van der Waals surface area contributed by atoms with Crippen LogP contribution >= 0.6 is 11.6 Å². The Labute approximate surface area is 177 Å². The number of rotatable bonds is 7. The van der Waals surface area contributed by atoms with Crippen molar-refractivity contribution in [2.45, 2.75) is 13.5 Å². The molecule has 0 saturated carbocycles. The van der Waals surface area contributed by atoms with Gasteiger partial charge in [-0.25, -0.2) is 9.07 Å². The van der Waals surface area contributed by atoms with E-state index in [1.54, 1.807) is 43.3 Å². The van der Waals surface area contributed by atoms with Gasteiger partial charge in [0.15, 0.2) is 6.61 Å². The van der Waals surface area contributed by atoms with E-state index in [0.29, 0.717) is 23.7 Å². The van der Waals surface area contributed by atoms with Gasteiger partial charge in [0.2, 0.25) is 0 Å². The van der Waals surface area contributed by atoms with Crippen LogP contribution in [-0.4, -0.2) is 35.2 Å². The van der Waals surface area contributed by atoms with Crippen LogP contribution in [0.5, 0.6) is 5.75 Å². The molecule has 0 bridgehead atoms. The van der Waals surface area contributed by atoms with Gasteiger partial charge in [-0.2, -0.15) is 5.10 Å². The molecule has 9 heteroatoms. The number of hydrogen-bond donors (Lipinski definition) is 2. The van der Waals surface area contributed by atoms with Crippen LogP contribution in [0.4, 0.5) is 10.1 Å². The molecular formula is C21H20ClFN4O3. The molecule has 0 aliphatic carbocycles. The van der Waals surface area contributed by atoms with E-state index < -0.39 is 5.91 Å². The Morgan fingerprint density at radius 1 is 1.20 bits per heavy atom. The third-order valence-corrected chi connectivity index (χ3v) is 4.66. The van der Waals surface area contributed by atoms with Gasteiger partial charge in [0, 0.05) is 18.8 Å². The number of benzene rings is 2. The zero-order chi connectivity index (χ0) is 21.7. The van der Waals surface area contributed by atoms with Gasteiger partial charge in [-0.15, -0.1) is 0 Å². The van der Waals surface area contributed by atoms with E-state index in [-0.39, 0.29) is 29.0 Å². The molecule has 0 fully saturated rings. The maximum absolute atomic E-state index is 13.1. The minimum atomic E-state index is -0.425. The molecule has 2 N–H and O–H groups in total. The van der Waals surface area contributed by atoms with Crippen molar-refractivity contribution in [3.8, 4) is 5.75 Å². The zero-order valence-electron chi connectivity index (χ0n) is 16.4. The normalized spacial score (nSPS) is 10.5. The SMILES string of the molecule is CNC(=O)COc1cccc(NC(=O)c2c(C)nn(Cc3ccc(F)cc3)c2Cl)c1. The number of anilines is 1. The van der Waals surface area contributed by atoms with Crippen LogP contribution in [0.1, 0.15) is 21.6 Å². The van der Waals surface area contributed by atoms with Crippen molar-refractivity contribution < 1.29 is 18.7 Å². The van der Waals surface area contributed by atoms with E-state index in [1.807, 2.05) is 0 Å². The smallest absolute Gasteiger partial charge is 0.260 e. The Bertz CT molecular complexity index is 1070. The van der Waals surface area contributed by atoms with E-state index in [2.05, 4.69) is 15.7 Å². The molecule has 1 aromatic heterocycles. The fraction of sp³-hybridized carbons (Fsp3) is 0.190. The first-order valence-corrected chi connectivity index (χ1v) is 9.47. The number of ether oxygens (including phenoxy) is 1. The minimum Gasteiger partial charge on any atom is -0.484 e. The second-order valence-electron chi connectivity index (χ2n) is 6.48. The summed E-state index contributed by atoms with van der Waals surface area (Å²) in [5.74, 6) is -0.582. The maximum Gasteiger partial charge on any atom is 0.260 e. The first kappa shape index (κ1) is 21.3. The molecule has 7 nitrogen and oxygen atoms in total. The number of aryl methyl sites for hydroxylation is 1. The predicted molar refractivity (Wildman–Crippen MR) is 111 cm³/mol. The molecular weight excluding hydrogens is 411 g/mol. The van der Waals surface area contributed by atoms with Gasteiger partial charge in [0.05, 0.1) is 17.8 Å². The van der Waals surface area contributed by atoms with E-state index in [4.69, 9.17) is 16.3 Å². The fourth-order valence-corrected chi connectivity index (χ4v) is 3.08. The molecule has 3 rings (SSSR count). The van der Waals surface area contributed by atoms with Crippen molar-refractivity contribution in [2.24, 2.45) is 0 Å². The third-order valence-electron chi connectivity index (χ3n) is 4.28. The molecule has 0 saturated heterocycles. The van der Waals surface area contributed by atoms with Crippen LogP contribution < -0.4 is 15.4 Å². The van der Waals surface area contributed by atoms with Gasteiger partial charge < -0.3 is 15.4 Å². The van der Waals surface area contributed by atoms with Crippen molar-refractivity contribution in [2.75, 3.05) is 19.0 Å². The number of aromatic nitrogens is 2. The number of nitrogens with one attached hydrogen (secondary N) is 2. The van der Waals surface area contributed by atoms with Crippen LogP contribution in [-0.2, 0) is 11.3 Å². The van der Waals surface area contributed by atoms with Crippen LogP contribution in [0.3, 0.4) is 0 Å². The highest BCUT2D eigenvalue weighted by atomic mass is 35.5. The van der Waals surface area contributed by atoms with Gasteiger partial charge >= 0.3 is 0 Å². The topological polar surface area (TPSA) is 85.2 Å². The summed E-state index contributed by atoms with van der Waals surface area (Å²) in [5.41, 5.74) is 1.99. The van der Waals surface area contributed by atoms with Gasteiger partial charge in [0.1, 0.15) is 16.7 Å². The molecule has 0 spiro atoms. The van der Waals surface area contributed by atoms with Crippen molar-refractivity contribution in [3.63, 3.8) is 0 Å². The molecule has 0 unspecified atom stereocenters. The van der Waals surface area contributed by atoms with Gasteiger partial charge in [-0.05, 0) is 36.8 Å². The molecule has 0 aliphatic rings. The van der Waals surface area contributed by atoms with Crippen LogP contribution in [0.2, 0.25) is 5.15 Å². The van der Waals surface area contributed by atoms with Crippen LogP contribution in [0.25, 0.3) is 0 Å². The summed E-state index contributed by atoms with van der Waals surface area (Å²) in [7, 11) is 1.52. The molecule has 30 heavy (non-hydrogen) atoms. The molecule has 3 aromatic rings. The summed E-state index contributed by atoms with van der Waals surface area (Å²) in [5, 5.41) is 9.73. The monoisotopic (exact) mass is 430 g/mol. The van der Waals surface area contributed by atoms with Crippen LogP contribution in [0, 0.1) is 12.7 Å². The minimum absolute atomic E-state index is 0.130. The second-order valence-corrected chi connectivity index (χ2v) is 6.84. The summed E-state index contributed by atoms with van der Waals surface area (Å²) < 4.78 is 20.0. The largest absolute Gasteiger partial charge is 0.484 e. The van der Waals surface area contributed by atoms with E-state index in [0.717, 1.165) is 5.56 Å². The third kappa shape index (κ3) is 5.15. The van der Waals surface area contributed by atoms with E-state index in [9.17, 15) is 14.0 Å². The molecule has 2 amide bonds. The molecule has 0 atom stereocenters. The molecule has 156 valence electrons. The predicted octanol–water partition coefficient (Wildman–Crippen LogP) is 3.41. The Morgan fingerprint density at radius 3 is 2.63 bits per heavy atom. The van der Waals surface area contributed by atoms with Crippen molar-refractivity contribution in [1.82, 2.24) is 15.1 Å². The lowest BCUT2D eigenvalue weighted by Gasteiger charge is -2.09. The summed E-state index contributed by atoms with van der Waals surface area (Å²) >= 11 is 6.40. The number of halogens is 2. The first-order valence-electron chi connectivity index (χ1n) is 9.09. The van der Waals surface area contributed by atoms with Gasteiger partial charge in [-0.1, -0.05) is 29.8 Å². The highest BCUT2D eigenvalue weighted by Crippen LogP contribution is 2.24. The van der Waals surface area contributed by atoms with Gasteiger partial charge in [-0.3, -0.25) is 9.59 Å². The Kier molecular flexibility index (Phi) is 6.68. The number of hydrogen-bond acceptors (Lipinski definition) is 4. The Balaban J connectivity index is 1.73. The van der Waals surface area contributed by atoms with E-state index >= 15 is 0 Å². The molecule has 2 aromatic carbocycles. The first-order chi connectivity index (χ1) is 14.4. The lowest BCUT2D eigenvalue weighted by Crippen LogP contribution is -2.24. The Morgan fingerprint density at radius 2 is 1.93 bits per heavy atom. The summed E-state index contributed by atoms with van der Waals surface area (Å²) in [6, 6.07) is 12.6. The summed E-state index contributed by atoms with van der Waals surface area (Å²) in [6.45, 7) is 1.86. The average molecular weight is 431 g/mol. The lowest BCUT2D eigenvalue weighted by molar-refractivity contribution is -0.122. The highest BCUT2D eigenvalue weighted by Gasteiger charge is 2.21. The number of amides is 2. The van der Waals surface area contributed by atoms with Crippen molar-refractivity contribution in [1.29, 1.82) is 0 Å². The molecule has 0 aliphatic heterocycles. The van der Waals surface area contributed by atoms with Crippen molar-refractivity contribution >= 4 is 29.1 Å². The quantitative estimate of drug-likeness (QED) is 0.601. The fourth-order valence-electron chi connectivity index (χ4n) is 2.76. The summed E-state index contributed by atoms with van der Waals surface area (Å²) in [6.07, 6.45) is 0. The number of nitrogens with zero attached hydrogens (tertiary/aromatic N) is 2. The van der Waals surface area contributed by atoms with Crippen molar-refractivity contribution in [3.05, 3.63) is 76.3 Å². The molecule has 1 heterocycles. The van der Waals surface area contributed by atoms with E-state index in [1.165, 1.54) is 23.9 Å².